The summed E-state index contributed by atoms with van der Waals surface area (Å²) in [6.07, 6.45) is 6.29. The lowest BCUT2D eigenvalue weighted by atomic mass is 9.79. The van der Waals surface area contributed by atoms with Crippen molar-refractivity contribution in [1.82, 2.24) is 9.88 Å². The quantitative estimate of drug-likeness (QED) is 0.518. The van der Waals surface area contributed by atoms with Crippen molar-refractivity contribution in [2.75, 3.05) is 25.2 Å². The van der Waals surface area contributed by atoms with Gasteiger partial charge >= 0.3 is 0 Å². The van der Waals surface area contributed by atoms with E-state index >= 15 is 0 Å². The number of benzene rings is 1. The number of hydrogen-bond acceptors (Lipinski definition) is 6. The van der Waals surface area contributed by atoms with Crippen molar-refractivity contribution in [3.05, 3.63) is 42.1 Å². The lowest BCUT2D eigenvalue weighted by molar-refractivity contribution is -0.142. The van der Waals surface area contributed by atoms with E-state index < -0.39 is 23.3 Å². The zero-order valence-corrected chi connectivity index (χ0v) is 19.4. The van der Waals surface area contributed by atoms with Crippen LogP contribution in [0.2, 0.25) is 0 Å². The Bertz CT molecular complexity index is 1180. The van der Waals surface area contributed by atoms with Crippen molar-refractivity contribution in [1.29, 1.82) is 0 Å². The Morgan fingerprint density at radius 3 is 2.61 bits per heavy atom. The van der Waals surface area contributed by atoms with E-state index in [-0.39, 0.29) is 23.6 Å². The summed E-state index contributed by atoms with van der Waals surface area (Å²) in [7, 11) is 1.60. The summed E-state index contributed by atoms with van der Waals surface area (Å²) < 4.78 is 5.11. The van der Waals surface area contributed by atoms with Crippen LogP contribution in [0.4, 0.5) is 5.69 Å². The third kappa shape index (κ3) is 3.21. The summed E-state index contributed by atoms with van der Waals surface area (Å²) in [6.45, 7) is 6.40. The maximum absolute atomic E-state index is 13.8. The maximum Gasteiger partial charge on any atom is 0.235 e. The van der Waals surface area contributed by atoms with Crippen LogP contribution in [0.1, 0.15) is 32.8 Å². The highest BCUT2D eigenvalue weighted by Gasteiger charge is 2.64. The van der Waals surface area contributed by atoms with Crippen LogP contribution in [0.15, 0.2) is 36.5 Å². The van der Waals surface area contributed by atoms with Crippen molar-refractivity contribution in [3.63, 3.8) is 0 Å². The molecule has 2 aromatic rings. The van der Waals surface area contributed by atoms with Gasteiger partial charge in [0.2, 0.25) is 11.8 Å². The van der Waals surface area contributed by atoms with Crippen LogP contribution in [0, 0.1) is 17.3 Å². The van der Waals surface area contributed by atoms with Crippen molar-refractivity contribution in [2.45, 2.75) is 39.3 Å². The predicted octanol–water partition coefficient (Wildman–Crippen LogP) is 3.07. The molecule has 1 aromatic carbocycles. The number of methoxy groups -OCH3 is 1. The first-order valence-corrected chi connectivity index (χ1v) is 11.5. The van der Waals surface area contributed by atoms with E-state index in [9.17, 15) is 14.4 Å². The Morgan fingerprint density at radius 2 is 1.88 bits per heavy atom. The van der Waals surface area contributed by atoms with Crippen LogP contribution in [-0.4, -0.2) is 59.8 Å². The smallest absolute Gasteiger partial charge is 0.235 e. The number of likely N-dealkylation sites (tertiary alicyclic amines) is 1. The van der Waals surface area contributed by atoms with Crippen molar-refractivity contribution < 1.29 is 19.1 Å². The minimum atomic E-state index is -0.722. The summed E-state index contributed by atoms with van der Waals surface area (Å²) in [5.74, 6) is -1.76. The van der Waals surface area contributed by atoms with Crippen LogP contribution in [-0.2, 0) is 19.1 Å². The molecule has 172 valence electrons. The summed E-state index contributed by atoms with van der Waals surface area (Å²) >= 11 is 0. The normalized spacial score (nSPS) is 26.1. The van der Waals surface area contributed by atoms with Gasteiger partial charge in [-0.25, -0.2) is 0 Å². The van der Waals surface area contributed by atoms with Gasteiger partial charge in [-0.3, -0.25) is 24.3 Å². The molecule has 2 saturated heterocycles. The molecule has 2 amide bonds. The average Bonchev–Trinajstić information content (AvgIpc) is 3.26. The molecule has 0 N–H and O–H groups in total. The molecule has 3 aliphatic heterocycles. The second-order valence-electron chi connectivity index (χ2n) is 10.1. The SMILES string of the molecule is COCCCN1C(=O)[C@H]2[C@H](C1=O)[C@@H](C(=O)C(C)(C)C)N1c3c(ccc4cccnc34)C=C[C@H]21. The lowest BCUT2D eigenvalue weighted by Crippen LogP contribution is -2.51. The first-order chi connectivity index (χ1) is 15.8. The monoisotopic (exact) mass is 447 g/mol. The van der Waals surface area contributed by atoms with E-state index in [2.05, 4.69) is 4.98 Å². The molecule has 1 aromatic heterocycles. The van der Waals surface area contributed by atoms with E-state index in [1.165, 1.54) is 4.90 Å². The molecule has 0 unspecified atom stereocenters. The number of fused-ring (bicyclic) bond motifs is 7. The minimum Gasteiger partial charge on any atom is -0.385 e. The number of imide groups is 1. The number of ketones is 1. The highest BCUT2D eigenvalue weighted by atomic mass is 16.5. The molecule has 0 radical (unpaired) electrons. The number of aromatic nitrogens is 1. The minimum absolute atomic E-state index is 0.0333. The standard InChI is InChI=1S/C26H29N3O4/c1-26(2,3)23(30)22-19-18(24(31)28(25(19)32)13-6-14-33-4)17-11-10-16-9-8-15-7-5-12-27-20(15)21(16)29(17)22/h5,7-12,17-19,22H,6,13-14H2,1-4H3/t17-,18-,19+,22+/m1/s1. The van der Waals surface area contributed by atoms with Crippen LogP contribution >= 0.6 is 0 Å². The van der Waals surface area contributed by atoms with Crippen LogP contribution in [0.5, 0.6) is 0 Å². The molecule has 33 heavy (non-hydrogen) atoms. The average molecular weight is 448 g/mol. The van der Waals surface area contributed by atoms with Gasteiger partial charge in [0, 0.05) is 37.3 Å². The van der Waals surface area contributed by atoms with E-state index in [4.69, 9.17) is 4.74 Å². The Balaban J connectivity index is 1.66. The summed E-state index contributed by atoms with van der Waals surface area (Å²) in [6, 6.07) is 6.81. The Kier molecular flexibility index (Phi) is 5.12. The molecule has 0 saturated carbocycles. The highest BCUT2D eigenvalue weighted by molar-refractivity contribution is 6.13. The van der Waals surface area contributed by atoms with Crippen molar-refractivity contribution in [2.24, 2.45) is 17.3 Å². The highest BCUT2D eigenvalue weighted by Crippen LogP contribution is 2.51. The van der Waals surface area contributed by atoms with Gasteiger partial charge in [-0.1, -0.05) is 51.1 Å². The van der Waals surface area contributed by atoms with Gasteiger partial charge in [0.25, 0.3) is 0 Å². The van der Waals surface area contributed by atoms with Crippen LogP contribution in [0.3, 0.4) is 0 Å². The Morgan fingerprint density at radius 1 is 1.12 bits per heavy atom. The molecule has 0 bridgehead atoms. The molecule has 4 atom stereocenters. The predicted molar refractivity (Wildman–Crippen MR) is 125 cm³/mol. The molecule has 4 heterocycles. The van der Waals surface area contributed by atoms with Gasteiger partial charge in [0.05, 0.1) is 29.1 Å². The van der Waals surface area contributed by atoms with E-state index in [0.717, 1.165) is 22.2 Å². The summed E-state index contributed by atoms with van der Waals surface area (Å²) in [5, 5.41) is 0.961. The molecule has 7 heteroatoms. The van der Waals surface area contributed by atoms with E-state index in [0.29, 0.717) is 19.6 Å². The third-order valence-corrected chi connectivity index (χ3v) is 7.07. The van der Waals surface area contributed by atoms with E-state index in [1.54, 1.807) is 13.3 Å². The van der Waals surface area contributed by atoms with Gasteiger partial charge in [0.1, 0.15) is 6.04 Å². The second-order valence-corrected chi connectivity index (χ2v) is 10.1. The number of carbonyl (C=O) groups is 3. The van der Waals surface area contributed by atoms with Crippen LogP contribution < -0.4 is 4.90 Å². The molecule has 5 rings (SSSR count). The molecule has 0 spiro atoms. The van der Waals surface area contributed by atoms with Crippen LogP contribution in [0.25, 0.3) is 17.0 Å². The van der Waals surface area contributed by atoms with Crippen molar-refractivity contribution in [3.8, 4) is 0 Å². The number of anilines is 1. The zero-order chi connectivity index (χ0) is 23.5. The number of pyridine rings is 1. The number of nitrogens with zero attached hydrogens (tertiary/aromatic N) is 3. The molecular weight excluding hydrogens is 418 g/mol. The summed E-state index contributed by atoms with van der Waals surface area (Å²) in [5.41, 5.74) is 1.90. The fraction of sp³-hybridized carbons (Fsp3) is 0.462. The van der Waals surface area contributed by atoms with Gasteiger partial charge in [-0.15, -0.1) is 0 Å². The largest absolute Gasteiger partial charge is 0.385 e. The number of amides is 2. The lowest BCUT2D eigenvalue weighted by Gasteiger charge is -2.39. The number of hydrogen-bond donors (Lipinski definition) is 0. The third-order valence-electron chi connectivity index (χ3n) is 7.07. The molecule has 0 aliphatic carbocycles. The maximum atomic E-state index is 13.8. The fourth-order valence-electron chi connectivity index (χ4n) is 5.57. The zero-order valence-electron chi connectivity index (χ0n) is 19.4. The number of rotatable bonds is 5. The summed E-state index contributed by atoms with van der Waals surface area (Å²) in [4.78, 5) is 49.0. The topological polar surface area (TPSA) is 79.8 Å². The van der Waals surface area contributed by atoms with Gasteiger partial charge in [-0.2, -0.15) is 0 Å². The number of ether oxygens (including phenoxy) is 1. The molecular formula is C26H29N3O4. The molecule has 2 fully saturated rings. The van der Waals surface area contributed by atoms with Gasteiger partial charge < -0.3 is 9.64 Å². The number of Topliss-reactive ketones (excluding diaryl/α,β-unsaturated/α-hetero) is 1. The Hall–Kier alpha value is -3.06. The number of carbonyl (C=O) groups excluding carboxylic acids is 3. The molecule has 3 aliphatic rings. The van der Waals surface area contributed by atoms with Gasteiger partial charge in [-0.05, 0) is 18.1 Å². The fourth-order valence-corrected chi connectivity index (χ4v) is 5.57. The van der Waals surface area contributed by atoms with E-state index in [1.807, 2.05) is 62.1 Å². The second kappa shape index (κ2) is 7.76. The Labute approximate surface area is 193 Å². The van der Waals surface area contributed by atoms with Gasteiger partial charge in [0.15, 0.2) is 5.78 Å². The van der Waals surface area contributed by atoms with Crippen molar-refractivity contribution >= 4 is 40.3 Å². The molecule has 7 nitrogen and oxygen atoms in total. The first-order valence-electron chi connectivity index (χ1n) is 11.5. The first kappa shape index (κ1) is 21.8.